The van der Waals surface area contributed by atoms with Crippen LogP contribution in [0.2, 0.25) is 0 Å². The maximum atomic E-state index is 12.6. The van der Waals surface area contributed by atoms with Crippen molar-refractivity contribution in [3.8, 4) is 0 Å². The van der Waals surface area contributed by atoms with E-state index < -0.39 is 55.3 Å². The first-order valence-corrected chi connectivity index (χ1v) is 4.98. The molecule has 2 atom stereocenters. The van der Waals surface area contributed by atoms with Crippen LogP contribution in [-0.4, -0.2) is 47.1 Å². The number of likely N-dealkylation sites (tertiary alicyclic amines) is 1. The molecule has 0 spiro atoms. The number of nitrogens with zero attached hydrogens (tertiary/aromatic N) is 1. The molecule has 0 aliphatic carbocycles. The number of hydrogen-bond acceptors (Lipinski definition) is 3. The van der Waals surface area contributed by atoms with Crippen molar-refractivity contribution in [3.05, 3.63) is 0 Å². The molecule has 1 fully saturated rings. The molecule has 1 aliphatic heterocycles. The number of aliphatic carboxylic acids is 1. The third-order valence-corrected chi connectivity index (χ3v) is 2.74. The van der Waals surface area contributed by atoms with E-state index in [0.29, 0.717) is 4.90 Å². The van der Waals surface area contributed by atoms with Crippen molar-refractivity contribution in [1.29, 1.82) is 0 Å². The Morgan fingerprint density at radius 3 is 2.17 bits per heavy atom. The van der Waals surface area contributed by atoms with Gasteiger partial charge in [0.15, 0.2) is 0 Å². The number of alkyl halides is 3. The molecule has 1 saturated heterocycles. The number of carboxylic acid groups (broad SMARTS) is 1. The number of halogens is 3. The highest BCUT2D eigenvalue weighted by atomic mass is 19.4. The summed E-state index contributed by atoms with van der Waals surface area (Å²) in [5.74, 6) is -7.30. The van der Waals surface area contributed by atoms with Gasteiger partial charge in [0, 0.05) is 13.1 Å². The molecule has 1 aliphatic rings. The van der Waals surface area contributed by atoms with Gasteiger partial charge >= 0.3 is 12.1 Å². The Hall–Kier alpha value is -1.80. The summed E-state index contributed by atoms with van der Waals surface area (Å²) in [4.78, 5) is 33.3. The van der Waals surface area contributed by atoms with Crippen LogP contribution in [0.3, 0.4) is 0 Å². The van der Waals surface area contributed by atoms with E-state index in [2.05, 4.69) is 0 Å². The predicted molar refractivity (Wildman–Crippen MR) is 51.1 cm³/mol. The van der Waals surface area contributed by atoms with Crippen LogP contribution in [0.15, 0.2) is 0 Å². The van der Waals surface area contributed by atoms with Crippen LogP contribution >= 0.6 is 0 Å². The zero-order chi connectivity index (χ0) is 14.1. The fraction of sp³-hybridized carbons (Fsp3) is 0.667. The fourth-order valence-corrected chi connectivity index (χ4v) is 1.85. The highest BCUT2D eigenvalue weighted by molar-refractivity contribution is 5.96. The van der Waals surface area contributed by atoms with Gasteiger partial charge in [0.1, 0.15) is 6.42 Å². The predicted octanol–water partition coefficient (Wildman–Crippen LogP) is -0.417. The van der Waals surface area contributed by atoms with Gasteiger partial charge in [0.25, 0.3) is 0 Å². The Morgan fingerprint density at radius 2 is 1.83 bits per heavy atom. The molecule has 102 valence electrons. The Kier molecular flexibility index (Phi) is 3.82. The van der Waals surface area contributed by atoms with Gasteiger partial charge in [-0.15, -0.1) is 0 Å². The maximum absolute atomic E-state index is 12.6. The van der Waals surface area contributed by atoms with Crippen LogP contribution in [0.4, 0.5) is 13.2 Å². The van der Waals surface area contributed by atoms with Crippen LogP contribution in [0.1, 0.15) is 6.42 Å². The molecule has 1 heterocycles. The van der Waals surface area contributed by atoms with Gasteiger partial charge in [-0.3, -0.25) is 14.4 Å². The second-order valence-corrected chi connectivity index (χ2v) is 4.03. The van der Waals surface area contributed by atoms with E-state index in [9.17, 15) is 27.6 Å². The lowest BCUT2D eigenvalue weighted by Gasteiger charge is -2.18. The van der Waals surface area contributed by atoms with Crippen LogP contribution in [0.5, 0.6) is 0 Å². The molecular weight excluding hydrogens is 257 g/mol. The van der Waals surface area contributed by atoms with E-state index in [4.69, 9.17) is 10.8 Å². The largest absolute Gasteiger partial charge is 0.481 e. The molecule has 0 saturated carbocycles. The van der Waals surface area contributed by atoms with Crippen molar-refractivity contribution in [2.45, 2.75) is 12.6 Å². The van der Waals surface area contributed by atoms with Crippen molar-refractivity contribution in [1.82, 2.24) is 4.90 Å². The normalized spacial score (nSPS) is 24.1. The van der Waals surface area contributed by atoms with Gasteiger partial charge in [-0.05, 0) is 0 Å². The van der Waals surface area contributed by atoms with E-state index >= 15 is 0 Å². The number of carbonyl (C=O) groups is 3. The number of hydrogen-bond donors (Lipinski definition) is 2. The number of primary amides is 1. The first kappa shape index (κ1) is 14.3. The van der Waals surface area contributed by atoms with E-state index in [1.807, 2.05) is 0 Å². The molecule has 0 bridgehead atoms. The first-order valence-electron chi connectivity index (χ1n) is 4.98. The van der Waals surface area contributed by atoms with E-state index in [-0.39, 0.29) is 0 Å². The summed E-state index contributed by atoms with van der Waals surface area (Å²) in [6, 6.07) is 0. The van der Waals surface area contributed by atoms with Crippen LogP contribution in [-0.2, 0) is 14.4 Å². The first-order chi connectivity index (χ1) is 8.12. The summed E-state index contributed by atoms with van der Waals surface area (Å²) in [5.41, 5.74) is 4.75. The van der Waals surface area contributed by atoms with Crippen molar-refractivity contribution < 1.29 is 32.7 Å². The van der Waals surface area contributed by atoms with Crippen molar-refractivity contribution in [2.75, 3.05) is 13.1 Å². The van der Waals surface area contributed by atoms with E-state index in [1.165, 1.54) is 0 Å². The van der Waals surface area contributed by atoms with Crippen molar-refractivity contribution in [2.24, 2.45) is 17.6 Å². The Balaban J connectivity index is 2.82. The van der Waals surface area contributed by atoms with Gasteiger partial charge in [0.2, 0.25) is 11.8 Å². The minimum Gasteiger partial charge on any atom is -0.481 e. The maximum Gasteiger partial charge on any atom is 0.394 e. The summed E-state index contributed by atoms with van der Waals surface area (Å²) >= 11 is 0. The zero-order valence-electron chi connectivity index (χ0n) is 9.11. The monoisotopic (exact) mass is 268 g/mol. The van der Waals surface area contributed by atoms with Crippen molar-refractivity contribution >= 4 is 17.8 Å². The van der Waals surface area contributed by atoms with Crippen LogP contribution < -0.4 is 5.73 Å². The summed E-state index contributed by atoms with van der Waals surface area (Å²) in [5, 5.41) is 8.70. The van der Waals surface area contributed by atoms with Crippen LogP contribution in [0, 0.1) is 11.8 Å². The second kappa shape index (κ2) is 4.83. The second-order valence-electron chi connectivity index (χ2n) is 4.03. The Labute approximate surface area is 99.5 Å². The SMILES string of the molecule is NC(=O)CC(=O)N1C[C@@H](C(F)(F)F)[C@H](C(=O)O)C1. The topological polar surface area (TPSA) is 101 Å². The number of carbonyl (C=O) groups excluding carboxylic acids is 2. The molecule has 6 nitrogen and oxygen atoms in total. The molecule has 3 N–H and O–H groups in total. The molecule has 9 heteroatoms. The quantitative estimate of drug-likeness (QED) is 0.679. The average Bonchev–Trinajstić information content (AvgIpc) is 2.59. The van der Waals surface area contributed by atoms with E-state index in [1.54, 1.807) is 0 Å². The average molecular weight is 268 g/mol. The van der Waals surface area contributed by atoms with Gasteiger partial charge < -0.3 is 15.7 Å². The van der Waals surface area contributed by atoms with Gasteiger partial charge in [-0.25, -0.2) is 0 Å². The molecular formula is C9H11F3N2O4. The summed E-state index contributed by atoms with van der Waals surface area (Å²) in [6.07, 6.45) is -5.43. The smallest absolute Gasteiger partial charge is 0.394 e. The molecule has 0 unspecified atom stereocenters. The minimum atomic E-state index is -4.70. The standard InChI is InChI=1S/C9H11F3N2O4/c10-9(11,12)5-3-14(2-4(5)8(17)18)7(16)1-6(13)15/h4-5H,1-3H2,(H2,13,15)(H,17,18)/t4-,5-/m1/s1. The van der Waals surface area contributed by atoms with Crippen molar-refractivity contribution in [3.63, 3.8) is 0 Å². The Morgan fingerprint density at radius 1 is 1.28 bits per heavy atom. The number of carboxylic acids is 1. The lowest BCUT2D eigenvalue weighted by atomic mass is 9.96. The van der Waals surface area contributed by atoms with E-state index in [0.717, 1.165) is 0 Å². The summed E-state index contributed by atoms with van der Waals surface area (Å²) < 4.78 is 37.7. The number of nitrogens with two attached hydrogens (primary N) is 1. The van der Waals surface area contributed by atoms with Gasteiger partial charge in [-0.2, -0.15) is 13.2 Å². The molecule has 1 rings (SSSR count). The third kappa shape index (κ3) is 3.11. The molecule has 0 aromatic rings. The highest BCUT2D eigenvalue weighted by Gasteiger charge is 2.53. The summed E-state index contributed by atoms with van der Waals surface area (Å²) in [6.45, 7) is -1.32. The fourth-order valence-electron chi connectivity index (χ4n) is 1.85. The Bertz CT molecular complexity index is 382. The molecule has 2 amide bonds. The number of rotatable bonds is 3. The minimum absolute atomic E-state index is 0.564. The molecule has 18 heavy (non-hydrogen) atoms. The molecule has 0 aromatic heterocycles. The number of amides is 2. The lowest BCUT2D eigenvalue weighted by Crippen LogP contribution is -2.34. The molecule has 0 radical (unpaired) electrons. The summed E-state index contributed by atoms with van der Waals surface area (Å²) in [7, 11) is 0. The highest BCUT2D eigenvalue weighted by Crippen LogP contribution is 2.37. The lowest BCUT2D eigenvalue weighted by molar-refractivity contribution is -0.188. The van der Waals surface area contributed by atoms with Gasteiger partial charge in [-0.1, -0.05) is 0 Å². The van der Waals surface area contributed by atoms with Crippen LogP contribution in [0.25, 0.3) is 0 Å². The molecule has 0 aromatic carbocycles. The van der Waals surface area contributed by atoms with Gasteiger partial charge in [0.05, 0.1) is 11.8 Å². The third-order valence-electron chi connectivity index (χ3n) is 2.74. The zero-order valence-corrected chi connectivity index (χ0v) is 9.11.